The van der Waals surface area contributed by atoms with E-state index in [1.807, 2.05) is 41.8 Å². The molecule has 2 heterocycles. The van der Waals surface area contributed by atoms with Gasteiger partial charge in [0.1, 0.15) is 5.75 Å². The fourth-order valence-electron chi connectivity index (χ4n) is 2.78. The van der Waals surface area contributed by atoms with Gasteiger partial charge in [-0.2, -0.15) is 0 Å². The van der Waals surface area contributed by atoms with Gasteiger partial charge in [-0.25, -0.2) is 9.59 Å². The third-order valence-electron chi connectivity index (χ3n) is 4.04. The van der Waals surface area contributed by atoms with Crippen molar-refractivity contribution in [1.82, 2.24) is 10.6 Å². The molecule has 2 amide bonds. The van der Waals surface area contributed by atoms with Crippen LogP contribution in [-0.4, -0.2) is 32.3 Å². The average molecular weight is 387 g/mol. The van der Waals surface area contributed by atoms with Crippen LogP contribution in [-0.2, 0) is 9.53 Å². The molecule has 3 rings (SSSR count). The van der Waals surface area contributed by atoms with Crippen LogP contribution in [0.4, 0.5) is 10.5 Å². The van der Waals surface area contributed by atoms with Crippen LogP contribution in [0, 0.1) is 0 Å². The first-order chi connectivity index (χ1) is 13.1. The molecule has 27 heavy (non-hydrogen) atoms. The van der Waals surface area contributed by atoms with Gasteiger partial charge in [0.25, 0.3) is 0 Å². The first-order valence-electron chi connectivity index (χ1n) is 8.51. The highest BCUT2D eigenvalue weighted by atomic mass is 32.1. The largest absolute Gasteiger partial charge is 0.497 e. The minimum Gasteiger partial charge on any atom is -0.497 e. The molecule has 1 aromatic heterocycles. The van der Waals surface area contributed by atoms with E-state index < -0.39 is 12.0 Å². The molecule has 0 saturated carbocycles. The second kappa shape index (κ2) is 8.59. The molecule has 8 heteroatoms. The van der Waals surface area contributed by atoms with Crippen LogP contribution in [0.3, 0.4) is 0 Å². The fourth-order valence-corrected chi connectivity index (χ4v) is 3.56. The van der Waals surface area contributed by atoms with Crippen molar-refractivity contribution >= 4 is 29.0 Å². The van der Waals surface area contributed by atoms with E-state index in [0.29, 0.717) is 11.3 Å². The molecule has 0 bridgehead atoms. The molecular formula is C19H21N3O4S. The van der Waals surface area contributed by atoms with Gasteiger partial charge in [0.05, 0.1) is 37.6 Å². The Bertz CT molecular complexity index is 831. The van der Waals surface area contributed by atoms with Gasteiger partial charge in [0, 0.05) is 10.6 Å². The zero-order chi connectivity index (χ0) is 19.2. The summed E-state index contributed by atoms with van der Waals surface area (Å²) in [6.07, 6.45) is 0. The summed E-state index contributed by atoms with van der Waals surface area (Å²) >= 11 is 1.47. The number of benzene rings is 1. The van der Waals surface area contributed by atoms with Crippen LogP contribution in [0.2, 0.25) is 0 Å². The van der Waals surface area contributed by atoms with E-state index in [1.54, 1.807) is 14.0 Å². The summed E-state index contributed by atoms with van der Waals surface area (Å²) in [4.78, 5) is 25.6. The van der Waals surface area contributed by atoms with Gasteiger partial charge < -0.3 is 25.4 Å². The molecule has 0 aliphatic carbocycles. The third-order valence-corrected chi connectivity index (χ3v) is 4.97. The molecule has 1 aliphatic heterocycles. The highest BCUT2D eigenvalue weighted by molar-refractivity contribution is 7.10. The molecular weight excluding hydrogens is 366 g/mol. The van der Waals surface area contributed by atoms with Crippen molar-refractivity contribution in [3.05, 3.63) is 57.9 Å². The number of methoxy groups -OCH3 is 1. The lowest BCUT2D eigenvalue weighted by Crippen LogP contribution is -2.47. The van der Waals surface area contributed by atoms with Crippen LogP contribution >= 0.6 is 11.3 Å². The number of hydrogen-bond acceptors (Lipinski definition) is 6. The number of esters is 1. The molecule has 0 unspecified atom stereocenters. The predicted octanol–water partition coefficient (Wildman–Crippen LogP) is 3.04. The van der Waals surface area contributed by atoms with E-state index in [-0.39, 0.29) is 19.2 Å². The van der Waals surface area contributed by atoms with Crippen LogP contribution in [0.25, 0.3) is 0 Å². The summed E-state index contributed by atoms with van der Waals surface area (Å²) in [5.41, 5.74) is 1.73. The third kappa shape index (κ3) is 4.40. The summed E-state index contributed by atoms with van der Waals surface area (Å²) in [6.45, 7) is 2.28. The number of urea groups is 1. The molecule has 1 aliphatic rings. The van der Waals surface area contributed by atoms with E-state index >= 15 is 0 Å². The number of thiophene rings is 1. The Kier molecular flexibility index (Phi) is 5.97. The number of carbonyl (C=O) groups is 2. The summed E-state index contributed by atoms with van der Waals surface area (Å²) in [5.74, 6) is 0.301. The van der Waals surface area contributed by atoms with E-state index in [0.717, 1.165) is 16.3 Å². The molecule has 142 valence electrons. The number of amides is 2. The van der Waals surface area contributed by atoms with Gasteiger partial charge in [0.15, 0.2) is 0 Å². The quantitative estimate of drug-likeness (QED) is 0.636. The molecule has 0 fully saturated rings. The van der Waals surface area contributed by atoms with Crippen LogP contribution in [0.5, 0.6) is 5.75 Å². The van der Waals surface area contributed by atoms with Gasteiger partial charge in [-0.05, 0) is 42.6 Å². The summed E-state index contributed by atoms with van der Waals surface area (Å²) in [5, 5.41) is 10.7. The Morgan fingerprint density at radius 1 is 1.26 bits per heavy atom. The lowest BCUT2D eigenvalue weighted by molar-refractivity contribution is -0.139. The van der Waals surface area contributed by atoms with Crippen molar-refractivity contribution in [3.8, 4) is 5.75 Å². The van der Waals surface area contributed by atoms with E-state index in [2.05, 4.69) is 16.0 Å². The second-order valence-corrected chi connectivity index (χ2v) is 6.72. The number of rotatable bonds is 7. The van der Waals surface area contributed by atoms with Crippen molar-refractivity contribution in [2.24, 2.45) is 0 Å². The number of nitrogens with one attached hydrogen (secondary N) is 3. The predicted molar refractivity (Wildman–Crippen MR) is 104 cm³/mol. The number of hydrogen-bond donors (Lipinski definition) is 3. The van der Waals surface area contributed by atoms with E-state index in [9.17, 15) is 9.59 Å². The molecule has 7 nitrogen and oxygen atoms in total. The Balaban J connectivity index is 1.88. The lowest BCUT2D eigenvalue weighted by atomic mass is 10.0. The topological polar surface area (TPSA) is 88.7 Å². The van der Waals surface area contributed by atoms with Crippen LogP contribution in [0.15, 0.2) is 53.0 Å². The number of anilines is 1. The molecule has 1 atom stereocenters. The van der Waals surface area contributed by atoms with E-state index in [1.165, 1.54) is 11.3 Å². The monoisotopic (exact) mass is 387 g/mol. The zero-order valence-corrected chi connectivity index (χ0v) is 15.9. The van der Waals surface area contributed by atoms with Gasteiger partial charge in [-0.15, -0.1) is 11.3 Å². The van der Waals surface area contributed by atoms with Gasteiger partial charge >= 0.3 is 12.0 Å². The second-order valence-electron chi connectivity index (χ2n) is 5.74. The molecule has 1 aromatic carbocycles. The summed E-state index contributed by atoms with van der Waals surface area (Å²) in [6, 6.07) is 10.3. The van der Waals surface area contributed by atoms with Gasteiger partial charge in [-0.1, -0.05) is 6.07 Å². The van der Waals surface area contributed by atoms with Crippen molar-refractivity contribution < 1.29 is 19.1 Å². The van der Waals surface area contributed by atoms with Gasteiger partial charge in [0.2, 0.25) is 0 Å². The molecule has 0 saturated heterocycles. The van der Waals surface area contributed by atoms with Crippen LogP contribution in [0.1, 0.15) is 17.8 Å². The normalized spacial score (nSPS) is 16.4. The average Bonchev–Trinajstić information content (AvgIpc) is 3.21. The maximum absolute atomic E-state index is 12.6. The highest BCUT2D eigenvalue weighted by Gasteiger charge is 2.34. The SMILES string of the molecule is CCOC(=O)C1=C(CNc2ccc(OC)cc2)NC(=O)N[C@H]1c1cccs1. The van der Waals surface area contributed by atoms with Crippen molar-refractivity contribution in [1.29, 1.82) is 0 Å². The van der Waals surface area contributed by atoms with Crippen LogP contribution < -0.4 is 20.7 Å². The minimum absolute atomic E-state index is 0.257. The fraction of sp³-hybridized carbons (Fsp3) is 0.263. The van der Waals surface area contributed by atoms with Crippen molar-refractivity contribution in [3.63, 3.8) is 0 Å². The maximum atomic E-state index is 12.6. The smallest absolute Gasteiger partial charge is 0.338 e. The Hall–Kier alpha value is -3.00. The summed E-state index contributed by atoms with van der Waals surface area (Å²) < 4.78 is 10.4. The molecule has 0 spiro atoms. The first kappa shape index (κ1) is 18.8. The van der Waals surface area contributed by atoms with Crippen molar-refractivity contribution in [2.45, 2.75) is 13.0 Å². The zero-order valence-electron chi connectivity index (χ0n) is 15.1. The number of ether oxygens (including phenoxy) is 2. The Morgan fingerprint density at radius 3 is 2.67 bits per heavy atom. The lowest BCUT2D eigenvalue weighted by Gasteiger charge is -2.28. The van der Waals surface area contributed by atoms with E-state index in [4.69, 9.17) is 9.47 Å². The Morgan fingerprint density at radius 2 is 2.04 bits per heavy atom. The highest BCUT2D eigenvalue weighted by Crippen LogP contribution is 2.30. The molecule has 3 N–H and O–H groups in total. The Labute approximate surface area is 161 Å². The van der Waals surface area contributed by atoms with Gasteiger partial charge in [-0.3, -0.25) is 0 Å². The maximum Gasteiger partial charge on any atom is 0.338 e. The number of carbonyl (C=O) groups excluding carboxylic acids is 2. The van der Waals surface area contributed by atoms with Crippen molar-refractivity contribution in [2.75, 3.05) is 25.6 Å². The standard InChI is InChI=1S/C19H21N3O4S/c1-3-26-18(23)16-14(11-20-12-6-8-13(25-2)9-7-12)21-19(24)22-17(16)15-5-4-10-27-15/h4-10,17,20H,3,11H2,1-2H3,(H2,21,22,24)/t17-/m0/s1. The molecule has 0 radical (unpaired) electrons. The summed E-state index contributed by atoms with van der Waals surface area (Å²) in [7, 11) is 1.61. The minimum atomic E-state index is -0.537. The first-order valence-corrected chi connectivity index (χ1v) is 9.39. The molecule has 2 aromatic rings.